The first-order chi connectivity index (χ1) is 35.2. The van der Waals surface area contributed by atoms with E-state index in [2.05, 4.69) is 270 Å². The van der Waals surface area contributed by atoms with Gasteiger partial charge in [0.2, 0.25) is 0 Å². The highest BCUT2D eigenvalue weighted by atomic mass is 16.3. The van der Waals surface area contributed by atoms with Crippen LogP contribution in [0.15, 0.2) is 271 Å². The van der Waals surface area contributed by atoms with Crippen LogP contribution in [0.3, 0.4) is 0 Å². The minimum atomic E-state index is 0.886. The Morgan fingerprint density at radius 3 is 1.49 bits per heavy atom. The Morgan fingerprint density at radius 1 is 0.282 bits per heavy atom. The topological polar surface area (TPSA) is 21.3 Å². The number of anilines is 3. The molecule has 0 saturated carbocycles. The van der Waals surface area contributed by atoms with E-state index < -0.39 is 0 Å². The van der Waals surface area contributed by atoms with Crippen LogP contribution in [-0.2, 0) is 0 Å². The lowest BCUT2D eigenvalue weighted by molar-refractivity contribution is 0.670. The van der Waals surface area contributed by atoms with Gasteiger partial charge in [0.15, 0.2) is 0 Å². The van der Waals surface area contributed by atoms with E-state index >= 15 is 0 Å². The van der Waals surface area contributed by atoms with Gasteiger partial charge in [-0.25, -0.2) is 0 Å². The maximum Gasteiger partial charge on any atom is 0.143 e. The molecule has 0 saturated heterocycles. The van der Waals surface area contributed by atoms with Gasteiger partial charge < -0.3 is 13.9 Å². The summed E-state index contributed by atoms with van der Waals surface area (Å²) in [6.45, 7) is 0. The fourth-order valence-corrected chi connectivity index (χ4v) is 11.0. The highest BCUT2D eigenvalue weighted by Gasteiger charge is 2.18. The molecule has 0 aliphatic heterocycles. The lowest BCUT2D eigenvalue weighted by Gasteiger charge is -2.26. The van der Waals surface area contributed by atoms with Crippen LogP contribution in [-0.4, -0.2) is 4.57 Å². The Morgan fingerprint density at radius 2 is 0.789 bits per heavy atom. The van der Waals surface area contributed by atoms with E-state index in [4.69, 9.17) is 4.42 Å². The third kappa shape index (κ3) is 6.89. The van der Waals surface area contributed by atoms with Crippen LogP contribution in [0.2, 0.25) is 0 Å². The van der Waals surface area contributed by atoms with Crippen LogP contribution >= 0.6 is 0 Å². The molecule has 0 radical (unpaired) electrons. The average molecular weight is 905 g/mol. The molecule has 12 aromatic carbocycles. The summed E-state index contributed by atoms with van der Waals surface area (Å²) in [5, 5.41) is 9.75. The van der Waals surface area contributed by atoms with Gasteiger partial charge in [0.1, 0.15) is 11.2 Å². The molecule has 332 valence electrons. The van der Waals surface area contributed by atoms with Gasteiger partial charge in [0.25, 0.3) is 0 Å². The molecule has 2 aromatic heterocycles. The summed E-state index contributed by atoms with van der Waals surface area (Å²) in [5.41, 5.74) is 17.9. The van der Waals surface area contributed by atoms with Crippen LogP contribution in [0.25, 0.3) is 115 Å². The number of hydrogen-bond donors (Lipinski definition) is 0. The molecule has 0 N–H and O–H groups in total. The second-order valence-electron chi connectivity index (χ2n) is 18.4. The first-order valence-corrected chi connectivity index (χ1v) is 24.3. The predicted molar refractivity (Wildman–Crippen MR) is 299 cm³/mol. The van der Waals surface area contributed by atoms with Crippen molar-refractivity contribution in [2.45, 2.75) is 0 Å². The van der Waals surface area contributed by atoms with Gasteiger partial charge in [-0.2, -0.15) is 0 Å². The molecule has 0 aliphatic rings. The molecule has 0 atom stereocenters. The number of rotatable bonds is 8. The number of hydrogen-bond acceptors (Lipinski definition) is 2. The molecular weight excluding hydrogens is 861 g/mol. The number of fused-ring (bicyclic) bond motifs is 9. The Balaban J connectivity index is 0.850. The largest absolute Gasteiger partial charge is 0.455 e. The molecular formula is C68H44N2O. The van der Waals surface area contributed by atoms with Crippen LogP contribution in [0, 0.1) is 0 Å². The van der Waals surface area contributed by atoms with Crippen molar-refractivity contribution in [3.63, 3.8) is 0 Å². The quantitative estimate of drug-likeness (QED) is 0.142. The molecule has 0 bridgehead atoms. The van der Waals surface area contributed by atoms with Crippen molar-refractivity contribution in [1.29, 1.82) is 0 Å². The van der Waals surface area contributed by atoms with Crippen LogP contribution < -0.4 is 4.90 Å². The number of aromatic nitrogens is 1. The highest BCUT2D eigenvalue weighted by Crippen LogP contribution is 2.42. The zero-order valence-electron chi connectivity index (χ0n) is 38.7. The van der Waals surface area contributed by atoms with E-state index in [0.29, 0.717) is 0 Å². The lowest BCUT2D eigenvalue weighted by atomic mass is 9.93. The number of nitrogens with zero attached hydrogens (tertiary/aromatic N) is 2. The average Bonchev–Trinajstić information content (AvgIpc) is 3.99. The maximum atomic E-state index is 6.54. The summed E-state index contributed by atoms with van der Waals surface area (Å²) in [5.74, 6) is 0. The highest BCUT2D eigenvalue weighted by molar-refractivity contribution is 6.14. The maximum absolute atomic E-state index is 6.54. The minimum absolute atomic E-state index is 0.886. The van der Waals surface area contributed by atoms with Gasteiger partial charge in [-0.3, -0.25) is 0 Å². The smallest absolute Gasteiger partial charge is 0.143 e. The fraction of sp³-hybridized carbons (Fsp3) is 0. The van der Waals surface area contributed by atoms with Crippen LogP contribution in [0.1, 0.15) is 0 Å². The van der Waals surface area contributed by atoms with Crippen molar-refractivity contribution in [3.8, 4) is 50.2 Å². The van der Waals surface area contributed by atoms with E-state index in [0.717, 1.165) is 66.9 Å². The predicted octanol–water partition coefficient (Wildman–Crippen LogP) is 19.1. The van der Waals surface area contributed by atoms with E-state index in [1.54, 1.807) is 0 Å². The minimum Gasteiger partial charge on any atom is -0.455 e. The molecule has 71 heavy (non-hydrogen) atoms. The zero-order chi connectivity index (χ0) is 46.8. The molecule has 3 nitrogen and oxygen atoms in total. The van der Waals surface area contributed by atoms with Crippen molar-refractivity contribution in [2.24, 2.45) is 0 Å². The van der Waals surface area contributed by atoms with Gasteiger partial charge in [0, 0.05) is 49.9 Å². The van der Waals surface area contributed by atoms with Crippen molar-refractivity contribution >= 4 is 82.4 Å². The summed E-state index contributed by atoms with van der Waals surface area (Å²) in [6, 6.07) is 96.6. The third-order valence-electron chi connectivity index (χ3n) is 14.4. The number of benzene rings is 12. The van der Waals surface area contributed by atoms with Gasteiger partial charge in [-0.1, -0.05) is 182 Å². The Hall–Kier alpha value is -9.44. The number of para-hydroxylation sites is 3. The SMILES string of the molecule is c1ccc(-c2cccc3c2oc2ccc(-c4ccc(N(c5ccc(-c6ccc7c(c6)c6ccccc6n7-c6ccccc6)cc5)c5ccc(-c6cc7ccccc7c7ccccc67)cc5)cc4)cc23)cc1. The molecule has 0 fully saturated rings. The summed E-state index contributed by atoms with van der Waals surface area (Å²) >= 11 is 0. The van der Waals surface area contributed by atoms with E-state index in [1.807, 2.05) is 6.07 Å². The second kappa shape index (κ2) is 16.7. The standard InChI is InChI=1S/C68H44N2O/c1-3-14-47(15-4-1)57-23-13-24-61-64-43-50(33-41-67(64)71-68(57)61)46-28-36-54(37-29-46)69(55-38-30-48(31-39-55)62-44-51-16-7-8-19-56(51)58-20-9-10-21-59(58)62)53-34-26-45(27-35-53)49-32-40-66-63(42-49)60-22-11-12-25-65(60)70(66)52-17-5-2-6-18-52/h1-44H. The summed E-state index contributed by atoms with van der Waals surface area (Å²) in [4.78, 5) is 2.37. The molecule has 0 aliphatic carbocycles. The van der Waals surface area contributed by atoms with Crippen molar-refractivity contribution in [2.75, 3.05) is 4.90 Å². The Kier molecular flexibility index (Phi) is 9.53. The first kappa shape index (κ1) is 40.6. The van der Waals surface area contributed by atoms with Gasteiger partial charge in [-0.15, -0.1) is 0 Å². The zero-order valence-corrected chi connectivity index (χ0v) is 38.7. The van der Waals surface area contributed by atoms with Gasteiger partial charge >= 0.3 is 0 Å². The van der Waals surface area contributed by atoms with Crippen LogP contribution in [0.5, 0.6) is 0 Å². The van der Waals surface area contributed by atoms with E-state index in [9.17, 15) is 0 Å². The molecule has 14 rings (SSSR count). The molecule has 0 unspecified atom stereocenters. The normalized spacial score (nSPS) is 11.7. The molecule has 2 heterocycles. The lowest BCUT2D eigenvalue weighted by Crippen LogP contribution is -2.09. The Labute approximate surface area is 411 Å². The monoisotopic (exact) mass is 904 g/mol. The fourth-order valence-electron chi connectivity index (χ4n) is 11.0. The molecule has 3 heteroatoms. The summed E-state index contributed by atoms with van der Waals surface area (Å²) < 4.78 is 8.91. The van der Waals surface area contributed by atoms with Crippen LogP contribution in [0.4, 0.5) is 17.1 Å². The van der Waals surface area contributed by atoms with E-state index in [1.165, 1.54) is 65.6 Å². The molecule has 14 aromatic rings. The van der Waals surface area contributed by atoms with Crippen molar-refractivity contribution in [1.82, 2.24) is 4.57 Å². The van der Waals surface area contributed by atoms with Gasteiger partial charge in [-0.05, 0) is 145 Å². The van der Waals surface area contributed by atoms with Gasteiger partial charge in [0.05, 0.1) is 11.0 Å². The Bertz CT molecular complexity index is 4300. The van der Waals surface area contributed by atoms with E-state index in [-0.39, 0.29) is 0 Å². The number of furan rings is 1. The molecule has 0 spiro atoms. The first-order valence-electron chi connectivity index (χ1n) is 24.3. The third-order valence-corrected chi connectivity index (χ3v) is 14.4. The van der Waals surface area contributed by atoms with Crippen molar-refractivity contribution in [3.05, 3.63) is 267 Å². The van der Waals surface area contributed by atoms with Crippen molar-refractivity contribution < 1.29 is 4.42 Å². The second-order valence-corrected chi connectivity index (χ2v) is 18.4. The summed E-state index contributed by atoms with van der Waals surface area (Å²) in [6.07, 6.45) is 0. The molecule has 0 amide bonds. The summed E-state index contributed by atoms with van der Waals surface area (Å²) in [7, 11) is 0.